The summed E-state index contributed by atoms with van der Waals surface area (Å²) in [5.74, 6) is -0.864. The summed E-state index contributed by atoms with van der Waals surface area (Å²) < 4.78 is 24.4. The highest BCUT2D eigenvalue weighted by Gasteiger charge is 2.29. The molecule has 0 spiro atoms. The van der Waals surface area contributed by atoms with Crippen molar-refractivity contribution in [3.05, 3.63) is 102 Å². The van der Waals surface area contributed by atoms with Crippen LogP contribution in [0, 0.1) is 23.1 Å². The van der Waals surface area contributed by atoms with Gasteiger partial charge in [-0.25, -0.2) is 9.37 Å². The van der Waals surface area contributed by atoms with Gasteiger partial charge in [0, 0.05) is 6.07 Å². The molecule has 170 valence electrons. The average Bonchev–Trinajstić information content (AvgIpc) is 2.84. The van der Waals surface area contributed by atoms with Crippen molar-refractivity contribution in [2.75, 3.05) is 0 Å². The lowest BCUT2D eigenvalue weighted by molar-refractivity contribution is -0.150. The number of benzene rings is 3. The SMILES string of the molecule is CC(C)C(C(=O)OC(C#N)c1cccc(Oc2ccc(F)cc2)n1)c1ccc2ccccc2c1. The average molecular weight is 455 g/mol. The van der Waals surface area contributed by atoms with E-state index in [4.69, 9.17) is 9.47 Å². The van der Waals surface area contributed by atoms with Gasteiger partial charge in [0.15, 0.2) is 0 Å². The smallest absolute Gasteiger partial charge is 0.315 e. The summed E-state index contributed by atoms with van der Waals surface area (Å²) >= 11 is 0. The highest BCUT2D eigenvalue weighted by molar-refractivity contribution is 5.86. The maximum Gasteiger partial charge on any atom is 0.315 e. The van der Waals surface area contributed by atoms with Crippen molar-refractivity contribution in [3.63, 3.8) is 0 Å². The number of halogens is 1. The molecule has 0 amide bonds. The fourth-order valence-corrected chi connectivity index (χ4v) is 3.79. The number of ether oxygens (including phenoxy) is 2. The molecule has 0 N–H and O–H groups in total. The lowest BCUT2D eigenvalue weighted by atomic mass is 9.87. The van der Waals surface area contributed by atoms with Gasteiger partial charge in [-0.05, 0) is 52.6 Å². The zero-order chi connectivity index (χ0) is 24.1. The van der Waals surface area contributed by atoms with Crippen LogP contribution in [0.5, 0.6) is 11.6 Å². The van der Waals surface area contributed by atoms with Crippen LogP contribution in [0.2, 0.25) is 0 Å². The number of carbonyl (C=O) groups is 1. The standard InChI is InChI=1S/C28H23FN2O3/c1-18(2)27(21-11-10-19-6-3-4-7-20(19)16-21)28(32)34-25(17-30)24-8-5-9-26(31-24)33-23-14-12-22(29)13-15-23/h3-16,18,25,27H,1-2H3. The zero-order valence-electron chi connectivity index (χ0n) is 18.8. The number of nitrogens with zero attached hydrogens (tertiary/aromatic N) is 2. The summed E-state index contributed by atoms with van der Waals surface area (Å²) in [5.41, 5.74) is 1.08. The van der Waals surface area contributed by atoms with E-state index in [0.29, 0.717) is 5.75 Å². The molecule has 0 aliphatic rings. The van der Waals surface area contributed by atoms with Gasteiger partial charge in [0.2, 0.25) is 12.0 Å². The summed E-state index contributed by atoms with van der Waals surface area (Å²) in [4.78, 5) is 17.5. The van der Waals surface area contributed by atoms with Crippen LogP contribution in [0.15, 0.2) is 84.9 Å². The number of aromatic nitrogens is 1. The van der Waals surface area contributed by atoms with Gasteiger partial charge in [0.05, 0.1) is 11.6 Å². The molecule has 5 nitrogen and oxygen atoms in total. The van der Waals surface area contributed by atoms with E-state index in [9.17, 15) is 14.4 Å². The first-order valence-electron chi connectivity index (χ1n) is 10.9. The van der Waals surface area contributed by atoms with Crippen LogP contribution in [-0.2, 0) is 9.53 Å². The largest absolute Gasteiger partial charge is 0.440 e. The summed E-state index contributed by atoms with van der Waals surface area (Å²) in [7, 11) is 0. The second-order valence-electron chi connectivity index (χ2n) is 8.23. The molecule has 0 aliphatic carbocycles. The van der Waals surface area contributed by atoms with Crippen molar-refractivity contribution < 1.29 is 18.7 Å². The predicted molar refractivity (Wildman–Crippen MR) is 127 cm³/mol. The van der Waals surface area contributed by atoms with Gasteiger partial charge < -0.3 is 9.47 Å². The van der Waals surface area contributed by atoms with Crippen molar-refractivity contribution in [1.29, 1.82) is 5.26 Å². The summed E-state index contributed by atoms with van der Waals surface area (Å²) in [6.45, 7) is 3.88. The second-order valence-corrected chi connectivity index (χ2v) is 8.23. The molecule has 0 radical (unpaired) electrons. The number of fused-ring (bicyclic) bond motifs is 1. The summed E-state index contributed by atoms with van der Waals surface area (Å²) in [5, 5.41) is 11.8. The van der Waals surface area contributed by atoms with Crippen molar-refractivity contribution in [3.8, 4) is 17.7 Å². The number of hydrogen-bond donors (Lipinski definition) is 0. The second kappa shape index (κ2) is 10.1. The van der Waals surface area contributed by atoms with Gasteiger partial charge in [0.25, 0.3) is 0 Å². The Labute approximate surface area is 197 Å². The van der Waals surface area contributed by atoms with E-state index in [-0.39, 0.29) is 23.3 Å². The van der Waals surface area contributed by atoms with Gasteiger partial charge >= 0.3 is 5.97 Å². The predicted octanol–water partition coefficient (Wildman–Crippen LogP) is 6.71. The maximum atomic E-state index is 13.2. The Balaban J connectivity index is 1.55. The van der Waals surface area contributed by atoms with Crippen LogP contribution < -0.4 is 4.74 Å². The number of pyridine rings is 1. The fourth-order valence-electron chi connectivity index (χ4n) is 3.79. The monoisotopic (exact) mass is 454 g/mol. The summed E-state index contributed by atoms with van der Waals surface area (Å²) in [6.07, 6.45) is -1.20. The van der Waals surface area contributed by atoms with Gasteiger partial charge in [-0.15, -0.1) is 0 Å². The number of hydrogen-bond acceptors (Lipinski definition) is 5. The van der Waals surface area contributed by atoms with Crippen LogP contribution in [0.3, 0.4) is 0 Å². The van der Waals surface area contributed by atoms with Crippen LogP contribution >= 0.6 is 0 Å². The molecular formula is C28H23FN2O3. The molecule has 0 aliphatic heterocycles. The van der Waals surface area contributed by atoms with E-state index in [0.717, 1.165) is 16.3 Å². The minimum atomic E-state index is -1.20. The fraction of sp³-hybridized carbons (Fsp3) is 0.179. The number of nitriles is 1. The van der Waals surface area contributed by atoms with Crippen molar-refractivity contribution in [1.82, 2.24) is 4.98 Å². The third-order valence-corrected chi connectivity index (χ3v) is 5.45. The maximum absolute atomic E-state index is 13.2. The Bertz CT molecular complexity index is 1350. The molecule has 6 heteroatoms. The third kappa shape index (κ3) is 5.21. The Morgan fingerprint density at radius 3 is 2.38 bits per heavy atom. The van der Waals surface area contributed by atoms with Crippen molar-refractivity contribution in [2.45, 2.75) is 25.9 Å². The van der Waals surface area contributed by atoms with Crippen molar-refractivity contribution >= 4 is 16.7 Å². The van der Waals surface area contributed by atoms with E-state index >= 15 is 0 Å². The molecule has 3 aromatic carbocycles. The van der Waals surface area contributed by atoms with Crippen molar-refractivity contribution in [2.24, 2.45) is 5.92 Å². The van der Waals surface area contributed by atoms with Gasteiger partial charge in [-0.2, -0.15) is 5.26 Å². The first kappa shape index (κ1) is 22.9. The highest BCUT2D eigenvalue weighted by Crippen LogP contribution is 2.31. The third-order valence-electron chi connectivity index (χ3n) is 5.45. The van der Waals surface area contributed by atoms with Crippen LogP contribution in [0.1, 0.15) is 37.1 Å². The molecule has 0 bridgehead atoms. The molecule has 0 saturated heterocycles. The van der Waals surface area contributed by atoms with E-state index in [1.54, 1.807) is 18.2 Å². The minimum Gasteiger partial charge on any atom is -0.440 e. The first-order valence-corrected chi connectivity index (χ1v) is 10.9. The molecule has 4 rings (SSSR count). The minimum absolute atomic E-state index is 0.0471. The molecule has 34 heavy (non-hydrogen) atoms. The molecular weight excluding hydrogens is 431 g/mol. The van der Waals surface area contributed by atoms with E-state index in [1.165, 1.54) is 24.3 Å². The quantitative estimate of drug-likeness (QED) is 0.290. The molecule has 2 atom stereocenters. The summed E-state index contributed by atoms with van der Waals surface area (Å²) in [6, 6.07) is 26.2. The molecule has 2 unspecified atom stereocenters. The molecule has 4 aromatic rings. The lowest BCUT2D eigenvalue weighted by Gasteiger charge is -2.22. The Kier molecular flexibility index (Phi) is 6.84. The molecule has 0 saturated carbocycles. The topological polar surface area (TPSA) is 72.2 Å². The van der Waals surface area contributed by atoms with Gasteiger partial charge in [-0.3, -0.25) is 4.79 Å². The number of carbonyl (C=O) groups excluding carboxylic acids is 1. The molecule has 0 fully saturated rings. The van der Waals surface area contributed by atoms with Crippen LogP contribution in [0.25, 0.3) is 10.8 Å². The first-order chi connectivity index (χ1) is 16.4. The van der Waals surface area contributed by atoms with Gasteiger partial charge in [-0.1, -0.05) is 62.4 Å². The molecule has 1 aromatic heterocycles. The Morgan fingerprint density at radius 2 is 1.68 bits per heavy atom. The Hall–Kier alpha value is -4.24. The van der Waals surface area contributed by atoms with Gasteiger partial charge in [0.1, 0.15) is 17.6 Å². The van der Waals surface area contributed by atoms with Crippen LogP contribution in [-0.4, -0.2) is 11.0 Å². The van der Waals surface area contributed by atoms with E-state index in [1.807, 2.05) is 62.4 Å². The number of esters is 1. The number of rotatable bonds is 7. The Morgan fingerprint density at radius 1 is 0.941 bits per heavy atom. The lowest BCUT2D eigenvalue weighted by Crippen LogP contribution is -2.23. The van der Waals surface area contributed by atoms with E-state index in [2.05, 4.69) is 4.98 Å². The normalized spacial score (nSPS) is 12.7. The van der Waals surface area contributed by atoms with E-state index < -0.39 is 18.0 Å². The van der Waals surface area contributed by atoms with Crippen LogP contribution in [0.4, 0.5) is 4.39 Å². The zero-order valence-corrected chi connectivity index (χ0v) is 18.8. The highest BCUT2D eigenvalue weighted by atomic mass is 19.1. The molecule has 1 heterocycles.